The van der Waals surface area contributed by atoms with Gasteiger partial charge >= 0.3 is 5.97 Å². The Bertz CT molecular complexity index is 577. The van der Waals surface area contributed by atoms with Gasteiger partial charge in [-0.1, -0.05) is 12.1 Å². The van der Waals surface area contributed by atoms with E-state index in [4.69, 9.17) is 4.74 Å². The van der Waals surface area contributed by atoms with Gasteiger partial charge in [0.25, 0.3) is 0 Å². The van der Waals surface area contributed by atoms with Crippen LogP contribution >= 0.6 is 0 Å². The first kappa shape index (κ1) is 13.4. The van der Waals surface area contributed by atoms with E-state index in [1.54, 1.807) is 6.07 Å². The number of aromatic nitrogens is 1. The maximum Gasteiger partial charge on any atom is 0.340 e. The number of carbonyl (C=O) groups excluding carboxylic acids is 1. The molecule has 0 spiro atoms. The van der Waals surface area contributed by atoms with Gasteiger partial charge in [0, 0.05) is 12.4 Å². The van der Waals surface area contributed by atoms with E-state index in [0.717, 1.165) is 11.3 Å². The van der Waals surface area contributed by atoms with Crippen molar-refractivity contribution in [3.05, 3.63) is 53.9 Å². The van der Waals surface area contributed by atoms with E-state index in [0.29, 0.717) is 5.56 Å². The molecule has 0 N–H and O–H groups in total. The number of hydrogen-bond acceptors (Lipinski definition) is 2. The highest BCUT2D eigenvalue weighted by Crippen LogP contribution is 2.22. The van der Waals surface area contributed by atoms with Gasteiger partial charge in [-0.15, -0.1) is 0 Å². The van der Waals surface area contributed by atoms with Crippen LogP contribution in [-0.2, 0) is 4.74 Å². The van der Waals surface area contributed by atoms with Gasteiger partial charge in [-0.2, -0.15) is 0 Å². The lowest BCUT2D eigenvalue weighted by Crippen LogP contribution is -2.24. The van der Waals surface area contributed by atoms with Gasteiger partial charge in [0.2, 0.25) is 0 Å². The average molecular weight is 257 g/mol. The molecule has 0 amide bonds. The van der Waals surface area contributed by atoms with Crippen molar-refractivity contribution in [2.75, 3.05) is 0 Å². The Kier molecular flexibility index (Phi) is 3.47. The van der Waals surface area contributed by atoms with Crippen molar-refractivity contribution < 1.29 is 9.53 Å². The second-order valence-electron chi connectivity index (χ2n) is 5.56. The fraction of sp³-hybridized carbons (Fsp3) is 0.312. The summed E-state index contributed by atoms with van der Waals surface area (Å²) in [5.74, 6) is -0.292. The monoisotopic (exact) mass is 257 g/mol. The molecule has 0 unspecified atom stereocenters. The smallest absolute Gasteiger partial charge is 0.340 e. The summed E-state index contributed by atoms with van der Waals surface area (Å²) in [7, 11) is 0. The highest BCUT2D eigenvalue weighted by molar-refractivity contribution is 5.94. The van der Waals surface area contributed by atoms with Gasteiger partial charge in [0.15, 0.2) is 0 Å². The normalized spacial score (nSPS) is 11.4. The average Bonchev–Trinajstić information content (AvgIpc) is 2.79. The number of aryl methyl sites for hydroxylation is 1. The van der Waals surface area contributed by atoms with Crippen LogP contribution in [0.1, 0.15) is 36.7 Å². The molecule has 0 aliphatic carbocycles. The van der Waals surface area contributed by atoms with Crippen molar-refractivity contribution in [1.82, 2.24) is 4.57 Å². The molecule has 3 heteroatoms. The summed E-state index contributed by atoms with van der Waals surface area (Å²) in [5, 5.41) is 0. The number of para-hydroxylation sites is 1. The van der Waals surface area contributed by atoms with Gasteiger partial charge in [0.05, 0.1) is 11.3 Å². The predicted octanol–water partition coefficient (Wildman–Crippen LogP) is 3.74. The first-order valence-electron chi connectivity index (χ1n) is 6.35. The molecule has 2 rings (SSSR count). The zero-order chi connectivity index (χ0) is 14.0. The van der Waals surface area contributed by atoms with E-state index in [1.165, 1.54) is 0 Å². The molecule has 3 nitrogen and oxygen atoms in total. The lowest BCUT2D eigenvalue weighted by atomic mass is 10.1. The van der Waals surface area contributed by atoms with Crippen LogP contribution < -0.4 is 0 Å². The highest BCUT2D eigenvalue weighted by atomic mass is 16.6. The lowest BCUT2D eigenvalue weighted by Gasteiger charge is -2.21. The molecule has 0 aliphatic heterocycles. The number of carbonyl (C=O) groups is 1. The Morgan fingerprint density at radius 3 is 2.32 bits per heavy atom. The third-order valence-corrected chi connectivity index (χ3v) is 2.72. The highest BCUT2D eigenvalue weighted by Gasteiger charge is 2.21. The molecule has 100 valence electrons. The van der Waals surface area contributed by atoms with Crippen molar-refractivity contribution in [1.29, 1.82) is 0 Å². The molecule has 0 aliphatic rings. The minimum absolute atomic E-state index is 0.292. The number of nitrogens with zero attached hydrogens (tertiary/aromatic N) is 1. The van der Waals surface area contributed by atoms with Crippen LogP contribution in [0.3, 0.4) is 0 Å². The van der Waals surface area contributed by atoms with Crippen molar-refractivity contribution >= 4 is 5.97 Å². The Hall–Kier alpha value is -2.03. The van der Waals surface area contributed by atoms with Gasteiger partial charge < -0.3 is 9.30 Å². The van der Waals surface area contributed by atoms with Crippen LogP contribution in [0.5, 0.6) is 0 Å². The summed E-state index contributed by atoms with van der Waals surface area (Å²) in [6, 6.07) is 9.54. The van der Waals surface area contributed by atoms with Crippen LogP contribution in [0.4, 0.5) is 0 Å². The first-order chi connectivity index (χ1) is 8.88. The molecular formula is C16H19NO2. The lowest BCUT2D eigenvalue weighted by molar-refractivity contribution is 0.00695. The van der Waals surface area contributed by atoms with Gasteiger partial charge in [0.1, 0.15) is 5.60 Å². The predicted molar refractivity (Wildman–Crippen MR) is 75.7 cm³/mol. The number of esters is 1. The molecule has 0 bridgehead atoms. The second-order valence-corrected chi connectivity index (χ2v) is 5.56. The standard InChI is InChI=1S/C16H19NO2/c1-12-8-7-9-13(15(18)19-16(2,3)4)14(12)17-10-5-6-11-17/h5-11H,1-4H3. The molecular weight excluding hydrogens is 238 g/mol. The topological polar surface area (TPSA) is 31.2 Å². The van der Waals surface area contributed by atoms with Gasteiger partial charge in [-0.3, -0.25) is 0 Å². The number of ether oxygens (including phenoxy) is 1. The summed E-state index contributed by atoms with van der Waals surface area (Å²) < 4.78 is 7.40. The molecule has 0 atom stereocenters. The largest absolute Gasteiger partial charge is 0.456 e. The van der Waals surface area contributed by atoms with E-state index in [9.17, 15) is 4.79 Å². The molecule has 1 aromatic carbocycles. The Morgan fingerprint density at radius 2 is 1.74 bits per heavy atom. The number of benzene rings is 1. The van der Waals surface area contributed by atoms with Crippen LogP contribution in [0, 0.1) is 6.92 Å². The van der Waals surface area contributed by atoms with Crippen molar-refractivity contribution in [3.8, 4) is 5.69 Å². The molecule has 0 saturated heterocycles. The van der Waals surface area contributed by atoms with E-state index in [2.05, 4.69) is 0 Å². The quantitative estimate of drug-likeness (QED) is 0.767. The van der Waals surface area contributed by atoms with Crippen LogP contribution in [0.2, 0.25) is 0 Å². The fourth-order valence-electron chi connectivity index (χ4n) is 1.98. The van der Waals surface area contributed by atoms with Crippen molar-refractivity contribution in [2.45, 2.75) is 33.3 Å². The molecule has 0 saturated carbocycles. The van der Waals surface area contributed by atoms with E-state index in [-0.39, 0.29) is 5.97 Å². The summed E-state index contributed by atoms with van der Waals surface area (Å²) in [6.07, 6.45) is 3.85. The van der Waals surface area contributed by atoms with E-state index >= 15 is 0 Å². The molecule has 0 radical (unpaired) electrons. The maximum atomic E-state index is 12.3. The van der Waals surface area contributed by atoms with Gasteiger partial charge in [-0.25, -0.2) is 4.79 Å². The van der Waals surface area contributed by atoms with E-state index < -0.39 is 5.60 Å². The second kappa shape index (κ2) is 4.92. The molecule has 19 heavy (non-hydrogen) atoms. The fourth-order valence-corrected chi connectivity index (χ4v) is 1.98. The van der Waals surface area contributed by atoms with E-state index in [1.807, 2.05) is 68.9 Å². The summed E-state index contributed by atoms with van der Waals surface area (Å²) >= 11 is 0. The van der Waals surface area contributed by atoms with Crippen LogP contribution in [0.15, 0.2) is 42.7 Å². The van der Waals surface area contributed by atoms with Crippen molar-refractivity contribution in [2.24, 2.45) is 0 Å². The minimum atomic E-state index is -0.491. The first-order valence-corrected chi connectivity index (χ1v) is 6.35. The molecule has 1 heterocycles. The number of rotatable bonds is 2. The Labute approximate surface area is 113 Å². The van der Waals surface area contributed by atoms with Gasteiger partial charge in [-0.05, 0) is 51.5 Å². The minimum Gasteiger partial charge on any atom is -0.456 e. The molecule has 1 aromatic heterocycles. The Balaban J connectivity index is 2.47. The summed E-state index contributed by atoms with van der Waals surface area (Å²) in [4.78, 5) is 12.3. The SMILES string of the molecule is Cc1cccc(C(=O)OC(C)(C)C)c1-n1cccc1. The zero-order valence-electron chi connectivity index (χ0n) is 11.8. The number of hydrogen-bond donors (Lipinski definition) is 0. The summed E-state index contributed by atoms with van der Waals surface area (Å²) in [6.45, 7) is 7.60. The molecule has 2 aromatic rings. The third kappa shape index (κ3) is 3.05. The van der Waals surface area contributed by atoms with Crippen LogP contribution in [-0.4, -0.2) is 16.1 Å². The van der Waals surface area contributed by atoms with Crippen molar-refractivity contribution in [3.63, 3.8) is 0 Å². The zero-order valence-corrected chi connectivity index (χ0v) is 11.8. The molecule has 0 fully saturated rings. The third-order valence-electron chi connectivity index (χ3n) is 2.72. The maximum absolute atomic E-state index is 12.3. The summed E-state index contributed by atoms with van der Waals surface area (Å²) in [5.41, 5.74) is 2.02. The Morgan fingerprint density at radius 1 is 1.11 bits per heavy atom. The van der Waals surface area contributed by atoms with Crippen LogP contribution in [0.25, 0.3) is 5.69 Å².